The Morgan fingerprint density at radius 3 is 1.68 bits per heavy atom. The summed E-state index contributed by atoms with van der Waals surface area (Å²) in [6.45, 7) is 5.91. The Morgan fingerprint density at radius 1 is 0.720 bits per heavy atom. The van der Waals surface area contributed by atoms with Crippen molar-refractivity contribution in [3.8, 4) is 11.5 Å². The predicted molar refractivity (Wildman–Crippen MR) is 104 cm³/mol. The van der Waals surface area contributed by atoms with E-state index >= 15 is 0 Å². The third-order valence-electron chi connectivity index (χ3n) is 3.54. The lowest BCUT2D eigenvalue weighted by molar-refractivity contribution is 0.126. The van der Waals surface area contributed by atoms with E-state index in [0.717, 1.165) is 4.90 Å². The first-order valence-electron chi connectivity index (χ1n) is 8.30. The van der Waals surface area contributed by atoms with E-state index in [1.807, 2.05) is 51.1 Å². The molecule has 0 fully saturated rings. The zero-order valence-electron chi connectivity index (χ0n) is 14.8. The third-order valence-corrected chi connectivity index (χ3v) is 5.75. The molecule has 128 valence electrons. The van der Waals surface area contributed by atoms with Gasteiger partial charge >= 0.3 is 0 Å². The number of aromatic hydroxyl groups is 1. The molecule has 0 aliphatic rings. The topological polar surface area (TPSA) is 29.5 Å². The van der Waals surface area contributed by atoms with Crippen molar-refractivity contribution >= 4 is 10.9 Å². The van der Waals surface area contributed by atoms with Gasteiger partial charge in [0, 0.05) is 6.07 Å². The Hall–Kier alpha value is -2.39. The second-order valence-electron chi connectivity index (χ2n) is 6.78. The molecule has 0 aliphatic carbocycles. The van der Waals surface area contributed by atoms with E-state index in [2.05, 4.69) is 48.5 Å². The van der Waals surface area contributed by atoms with Crippen LogP contribution in [0.2, 0.25) is 0 Å². The SMILES string of the molecule is CC(C)(C)Oc1ccc([S+](c2ccccc2)c2ccccc2)cc1O. The quantitative estimate of drug-likeness (QED) is 0.614. The van der Waals surface area contributed by atoms with Crippen LogP contribution in [-0.2, 0) is 10.9 Å². The first-order chi connectivity index (χ1) is 11.9. The summed E-state index contributed by atoms with van der Waals surface area (Å²) in [7, 11) is -0.272. The fourth-order valence-corrected chi connectivity index (χ4v) is 4.67. The average Bonchev–Trinajstić information content (AvgIpc) is 2.58. The summed E-state index contributed by atoms with van der Waals surface area (Å²) in [5, 5.41) is 10.5. The molecule has 3 rings (SSSR count). The van der Waals surface area contributed by atoms with Crippen LogP contribution >= 0.6 is 0 Å². The van der Waals surface area contributed by atoms with E-state index in [4.69, 9.17) is 4.74 Å². The molecular weight excluding hydrogens is 328 g/mol. The highest BCUT2D eigenvalue weighted by molar-refractivity contribution is 7.97. The van der Waals surface area contributed by atoms with E-state index in [1.165, 1.54) is 9.79 Å². The van der Waals surface area contributed by atoms with Crippen LogP contribution in [0.4, 0.5) is 0 Å². The van der Waals surface area contributed by atoms with Crippen LogP contribution in [0, 0.1) is 0 Å². The molecule has 0 spiro atoms. The molecule has 25 heavy (non-hydrogen) atoms. The number of phenolic OH excluding ortho intramolecular Hbond substituents is 1. The molecule has 3 heteroatoms. The Morgan fingerprint density at radius 2 is 1.24 bits per heavy atom. The summed E-state index contributed by atoms with van der Waals surface area (Å²) >= 11 is 0. The molecule has 1 N–H and O–H groups in total. The summed E-state index contributed by atoms with van der Waals surface area (Å²) in [4.78, 5) is 3.51. The van der Waals surface area contributed by atoms with E-state index < -0.39 is 0 Å². The maximum absolute atomic E-state index is 10.5. The molecule has 0 radical (unpaired) electrons. The molecule has 0 atom stereocenters. The number of hydrogen-bond acceptors (Lipinski definition) is 2. The first-order valence-corrected chi connectivity index (χ1v) is 9.53. The molecule has 2 nitrogen and oxygen atoms in total. The Labute approximate surface area is 152 Å². The molecule has 0 saturated carbocycles. The van der Waals surface area contributed by atoms with Crippen molar-refractivity contribution in [2.45, 2.75) is 41.1 Å². The van der Waals surface area contributed by atoms with Crippen molar-refractivity contribution in [1.29, 1.82) is 0 Å². The fourth-order valence-electron chi connectivity index (χ4n) is 2.56. The number of ether oxygens (including phenoxy) is 1. The molecule has 0 unspecified atom stereocenters. The lowest BCUT2D eigenvalue weighted by Crippen LogP contribution is -2.23. The van der Waals surface area contributed by atoms with Crippen LogP contribution in [0.5, 0.6) is 11.5 Å². The highest BCUT2D eigenvalue weighted by Crippen LogP contribution is 2.37. The summed E-state index contributed by atoms with van der Waals surface area (Å²) in [6.07, 6.45) is 0. The van der Waals surface area contributed by atoms with Crippen molar-refractivity contribution in [3.05, 3.63) is 78.9 Å². The van der Waals surface area contributed by atoms with E-state index in [0.29, 0.717) is 5.75 Å². The first kappa shape index (κ1) is 17.4. The summed E-state index contributed by atoms with van der Waals surface area (Å²) in [5.74, 6) is 0.692. The van der Waals surface area contributed by atoms with Gasteiger partial charge in [0.25, 0.3) is 0 Å². The minimum atomic E-state index is -0.348. The molecule has 3 aromatic rings. The number of hydrogen-bond donors (Lipinski definition) is 1. The largest absolute Gasteiger partial charge is 0.504 e. The molecule has 0 heterocycles. The minimum Gasteiger partial charge on any atom is -0.504 e. The van der Waals surface area contributed by atoms with Gasteiger partial charge < -0.3 is 9.84 Å². The number of rotatable bonds is 4. The van der Waals surface area contributed by atoms with Crippen molar-refractivity contribution in [2.24, 2.45) is 0 Å². The highest BCUT2D eigenvalue weighted by atomic mass is 32.2. The standard InChI is InChI=1S/C22H22O2S/c1-22(2,3)24-21-15-14-19(16-20(21)23)25(17-10-6-4-7-11-17)18-12-8-5-9-13-18/h4-16H,1-3H3/p+1. The van der Waals surface area contributed by atoms with Crippen LogP contribution in [0.15, 0.2) is 93.5 Å². The lowest BCUT2D eigenvalue weighted by atomic mass is 10.2. The smallest absolute Gasteiger partial charge is 0.170 e. The zero-order chi connectivity index (χ0) is 17.9. The summed E-state index contributed by atoms with van der Waals surface area (Å²) < 4.78 is 5.83. The predicted octanol–water partition coefficient (Wildman–Crippen LogP) is 5.66. The molecule has 0 bridgehead atoms. The van der Waals surface area contributed by atoms with Gasteiger partial charge in [-0.1, -0.05) is 36.4 Å². The molecule has 0 aliphatic heterocycles. The van der Waals surface area contributed by atoms with Gasteiger partial charge in [0.1, 0.15) is 5.60 Å². The van der Waals surface area contributed by atoms with Crippen LogP contribution in [0.25, 0.3) is 0 Å². The monoisotopic (exact) mass is 351 g/mol. The Kier molecular flexibility index (Phi) is 5.05. The van der Waals surface area contributed by atoms with E-state index in [1.54, 1.807) is 0 Å². The Bertz CT molecular complexity index is 784. The van der Waals surface area contributed by atoms with Crippen LogP contribution in [0.3, 0.4) is 0 Å². The summed E-state index contributed by atoms with van der Waals surface area (Å²) in [6, 6.07) is 26.5. The molecular formula is C22H23O2S+. The van der Waals surface area contributed by atoms with Gasteiger partial charge in [-0.3, -0.25) is 0 Å². The second-order valence-corrected chi connectivity index (χ2v) is 8.80. The van der Waals surface area contributed by atoms with Gasteiger partial charge in [0.2, 0.25) is 0 Å². The van der Waals surface area contributed by atoms with Gasteiger partial charge in [-0.05, 0) is 57.2 Å². The lowest BCUT2D eigenvalue weighted by Gasteiger charge is -2.22. The van der Waals surface area contributed by atoms with Crippen molar-refractivity contribution in [2.75, 3.05) is 0 Å². The summed E-state index contributed by atoms with van der Waals surface area (Å²) in [5.41, 5.74) is -0.348. The molecule has 0 aromatic heterocycles. The van der Waals surface area contributed by atoms with Crippen LogP contribution in [-0.4, -0.2) is 10.7 Å². The minimum absolute atomic E-state index is 0.178. The molecule has 0 amide bonds. The van der Waals surface area contributed by atoms with Crippen LogP contribution < -0.4 is 4.74 Å². The highest BCUT2D eigenvalue weighted by Gasteiger charge is 2.29. The van der Waals surface area contributed by atoms with Gasteiger partial charge in [-0.2, -0.15) is 0 Å². The van der Waals surface area contributed by atoms with E-state index in [-0.39, 0.29) is 22.2 Å². The number of phenols is 1. The maximum Gasteiger partial charge on any atom is 0.170 e. The van der Waals surface area contributed by atoms with Crippen molar-refractivity contribution in [1.82, 2.24) is 0 Å². The normalized spacial score (nSPS) is 11.5. The Balaban J connectivity index is 2.04. The zero-order valence-corrected chi connectivity index (χ0v) is 15.6. The average molecular weight is 351 g/mol. The van der Waals surface area contributed by atoms with E-state index in [9.17, 15) is 5.11 Å². The second kappa shape index (κ2) is 7.24. The fraction of sp³-hybridized carbons (Fsp3) is 0.182. The van der Waals surface area contributed by atoms with Crippen molar-refractivity contribution < 1.29 is 9.84 Å². The van der Waals surface area contributed by atoms with Crippen molar-refractivity contribution in [3.63, 3.8) is 0 Å². The van der Waals surface area contributed by atoms with Gasteiger partial charge in [0.15, 0.2) is 26.2 Å². The maximum atomic E-state index is 10.5. The van der Waals surface area contributed by atoms with Gasteiger partial charge in [0.05, 0.1) is 10.9 Å². The third kappa shape index (κ3) is 4.37. The van der Waals surface area contributed by atoms with Gasteiger partial charge in [-0.25, -0.2) is 0 Å². The van der Waals surface area contributed by atoms with Crippen LogP contribution in [0.1, 0.15) is 20.8 Å². The molecule has 3 aromatic carbocycles. The molecule has 0 saturated heterocycles. The number of benzene rings is 3. The van der Waals surface area contributed by atoms with Gasteiger partial charge in [-0.15, -0.1) is 0 Å².